The van der Waals surface area contributed by atoms with Gasteiger partial charge in [0.15, 0.2) is 10.8 Å². The summed E-state index contributed by atoms with van der Waals surface area (Å²) in [5.41, 5.74) is 0. The average Bonchev–Trinajstić information content (AvgIpc) is 3.04. The van der Waals surface area contributed by atoms with E-state index in [1.165, 1.54) is 19.5 Å². The Bertz CT molecular complexity index is 498. The van der Waals surface area contributed by atoms with Crippen LogP contribution in [0.5, 0.6) is 0 Å². The van der Waals surface area contributed by atoms with E-state index >= 15 is 0 Å². The van der Waals surface area contributed by atoms with Crippen molar-refractivity contribution in [3.63, 3.8) is 0 Å². The summed E-state index contributed by atoms with van der Waals surface area (Å²) in [7, 11) is 0. The first kappa shape index (κ1) is 15.1. The van der Waals surface area contributed by atoms with E-state index in [0.717, 1.165) is 24.3 Å². The number of amides is 1. The Labute approximate surface area is 123 Å². The molecule has 0 bridgehead atoms. The number of aromatic nitrogens is 1. The number of Topliss-reactive ketones (excluding diaryl/α,β-unsaturated/α-hetero) is 1. The highest BCUT2D eigenvalue weighted by Gasteiger charge is 2.26. The maximum atomic E-state index is 12.0. The molecule has 1 aliphatic heterocycles. The van der Waals surface area contributed by atoms with Crippen molar-refractivity contribution in [3.05, 3.63) is 16.1 Å². The van der Waals surface area contributed by atoms with Gasteiger partial charge in [-0.3, -0.25) is 14.5 Å². The summed E-state index contributed by atoms with van der Waals surface area (Å²) >= 11 is 1.15. The molecule has 1 aromatic rings. The Hall–Kier alpha value is -1.27. The van der Waals surface area contributed by atoms with Crippen LogP contribution in [0.4, 0.5) is 0 Å². The summed E-state index contributed by atoms with van der Waals surface area (Å²) in [4.78, 5) is 30.1. The van der Waals surface area contributed by atoms with Crippen molar-refractivity contribution < 1.29 is 9.59 Å². The molecular formula is C14H21N3O2S. The third-order valence-electron chi connectivity index (χ3n) is 3.61. The van der Waals surface area contributed by atoms with Crippen LogP contribution in [-0.2, 0) is 0 Å². The van der Waals surface area contributed by atoms with Crippen LogP contribution >= 0.6 is 11.3 Å². The summed E-state index contributed by atoms with van der Waals surface area (Å²) in [6, 6.07) is 0.922. The fourth-order valence-corrected chi connectivity index (χ4v) is 3.32. The lowest BCUT2D eigenvalue weighted by atomic mass is 10.2. The van der Waals surface area contributed by atoms with Crippen molar-refractivity contribution in [2.45, 2.75) is 45.7 Å². The van der Waals surface area contributed by atoms with Crippen LogP contribution in [0.15, 0.2) is 6.20 Å². The van der Waals surface area contributed by atoms with Gasteiger partial charge in [0.2, 0.25) is 0 Å². The van der Waals surface area contributed by atoms with E-state index in [2.05, 4.69) is 29.0 Å². The molecule has 6 heteroatoms. The molecular weight excluding hydrogens is 274 g/mol. The van der Waals surface area contributed by atoms with Gasteiger partial charge in [0.25, 0.3) is 5.91 Å². The Morgan fingerprint density at radius 1 is 1.55 bits per heavy atom. The molecule has 1 N–H and O–H groups in total. The van der Waals surface area contributed by atoms with E-state index in [9.17, 15) is 9.59 Å². The molecule has 1 aromatic heterocycles. The molecule has 5 nitrogen and oxygen atoms in total. The second-order valence-corrected chi connectivity index (χ2v) is 6.45. The maximum absolute atomic E-state index is 12.0. The molecule has 0 spiro atoms. The van der Waals surface area contributed by atoms with E-state index in [0.29, 0.717) is 28.5 Å². The Morgan fingerprint density at radius 3 is 2.90 bits per heavy atom. The summed E-state index contributed by atoms with van der Waals surface area (Å²) in [6.07, 6.45) is 3.79. The van der Waals surface area contributed by atoms with Gasteiger partial charge in [0.1, 0.15) is 4.88 Å². The molecule has 20 heavy (non-hydrogen) atoms. The minimum atomic E-state index is -0.134. The van der Waals surface area contributed by atoms with E-state index < -0.39 is 0 Å². The minimum Gasteiger partial charge on any atom is -0.350 e. The van der Waals surface area contributed by atoms with Gasteiger partial charge in [0, 0.05) is 25.6 Å². The number of likely N-dealkylation sites (tertiary alicyclic amines) is 1. The highest BCUT2D eigenvalue weighted by atomic mass is 32.1. The predicted molar refractivity (Wildman–Crippen MR) is 79.3 cm³/mol. The average molecular weight is 295 g/mol. The number of hydrogen-bond acceptors (Lipinski definition) is 5. The third kappa shape index (κ3) is 3.43. The Morgan fingerprint density at radius 2 is 2.30 bits per heavy atom. The monoisotopic (exact) mass is 295 g/mol. The molecule has 0 unspecified atom stereocenters. The van der Waals surface area contributed by atoms with Gasteiger partial charge in [-0.2, -0.15) is 0 Å². The molecule has 0 radical (unpaired) electrons. The molecule has 1 fully saturated rings. The Kier molecular flexibility index (Phi) is 4.88. The smallest absolute Gasteiger partial charge is 0.263 e. The van der Waals surface area contributed by atoms with E-state index in [4.69, 9.17) is 0 Å². The highest BCUT2D eigenvalue weighted by molar-refractivity contribution is 7.15. The zero-order chi connectivity index (χ0) is 14.7. The van der Waals surface area contributed by atoms with Crippen LogP contribution in [0.1, 0.15) is 53.1 Å². The van der Waals surface area contributed by atoms with Gasteiger partial charge < -0.3 is 5.32 Å². The second-order valence-electron chi connectivity index (χ2n) is 5.42. The lowest BCUT2D eigenvalue weighted by Crippen LogP contribution is -2.43. The van der Waals surface area contributed by atoms with Crippen LogP contribution in [-0.4, -0.2) is 46.7 Å². The number of thiazole rings is 1. The van der Waals surface area contributed by atoms with Crippen LogP contribution in [0.3, 0.4) is 0 Å². The van der Waals surface area contributed by atoms with E-state index in [1.54, 1.807) is 0 Å². The number of rotatable bonds is 5. The molecule has 1 amide bonds. The van der Waals surface area contributed by atoms with Crippen molar-refractivity contribution in [1.29, 1.82) is 0 Å². The van der Waals surface area contributed by atoms with Crippen molar-refractivity contribution in [1.82, 2.24) is 15.2 Å². The van der Waals surface area contributed by atoms with Gasteiger partial charge in [0.05, 0.1) is 6.20 Å². The van der Waals surface area contributed by atoms with E-state index in [1.807, 2.05) is 0 Å². The first-order valence-corrected chi connectivity index (χ1v) is 7.81. The van der Waals surface area contributed by atoms with Gasteiger partial charge in [-0.25, -0.2) is 4.98 Å². The fraction of sp³-hybridized carbons (Fsp3) is 0.643. The zero-order valence-corrected chi connectivity index (χ0v) is 13.0. The number of ketones is 1. The van der Waals surface area contributed by atoms with E-state index in [-0.39, 0.29) is 11.7 Å². The Balaban J connectivity index is 1.90. The number of carbonyl (C=O) groups is 2. The minimum absolute atomic E-state index is 0.101. The number of hydrogen-bond donors (Lipinski definition) is 1. The maximum Gasteiger partial charge on any atom is 0.263 e. The van der Waals surface area contributed by atoms with Crippen molar-refractivity contribution in [2.75, 3.05) is 13.1 Å². The van der Waals surface area contributed by atoms with Crippen molar-refractivity contribution >= 4 is 23.0 Å². The van der Waals surface area contributed by atoms with Gasteiger partial charge in [-0.05, 0) is 33.2 Å². The SMILES string of the molecule is CC(=O)c1ncc(C(=O)NC[C@@H]2CCCN2C(C)C)s1. The van der Waals surface area contributed by atoms with Crippen LogP contribution in [0.25, 0.3) is 0 Å². The standard InChI is InChI=1S/C14H21N3O2S/c1-9(2)17-6-4-5-11(17)7-15-13(19)12-8-16-14(20-12)10(3)18/h8-9,11H,4-7H2,1-3H3,(H,15,19)/t11-/m0/s1. The molecule has 1 saturated heterocycles. The molecule has 0 aliphatic carbocycles. The van der Waals surface area contributed by atoms with Crippen LogP contribution < -0.4 is 5.32 Å². The van der Waals surface area contributed by atoms with Crippen LogP contribution in [0, 0.1) is 0 Å². The van der Waals surface area contributed by atoms with Gasteiger partial charge in [-0.1, -0.05) is 0 Å². The fourth-order valence-electron chi connectivity index (χ4n) is 2.60. The number of nitrogens with one attached hydrogen (secondary N) is 1. The third-order valence-corrected chi connectivity index (χ3v) is 4.71. The molecule has 2 heterocycles. The van der Waals surface area contributed by atoms with Gasteiger partial charge in [-0.15, -0.1) is 11.3 Å². The quantitative estimate of drug-likeness (QED) is 0.843. The number of nitrogens with zero attached hydrogens (tertiary/aromatic N) is 2. The topological polar surface area (TPSA) is 62.3 Å². The summed E-state index contributed by atoms with van der Waals surface area (Å²) in [5.74, 6) is -0.235. The normalized spacial score (nSPS) is 19.5. The summed E-state index contributed by atoms with van der Waals surface area (Å²) in [5, 5.41) is 3.35. The van der Waals surface area contributed by atoms with Crippen LogP contribution in [0.2, 0.25) is 0 Å². The lowest BCUT2D eigenvalue weighted by molar-refractivity contribution is 0.0938. The molecule has 0 aromatic carbocycles. The predicted octanol–water partition coefficient (Wildman–Crippen LogP) is 1.95. The first-order valence-electron chi connectivity index (χ1n) is 6.99. The summed E-state index contributed by atoms with van der Waals surface area (Å²) < 4.78 is 0. The number of carbonyl (C=O) groups excluding carboxylic acids is 2. The van der Waals surface area contributed by atoms with Crippen molar-refractivity contribution in [3.8, 4) is 0 Å². The molecule has 1 atom stereocenters. The highest BCUT2D eigenvalue weighted by Crippen LogP contribution is 2.19. The summed E-state index contributed by atoms with van der Waals surface area (Å²) in [6.45, 7) is 7.59. The lowest BCUT2D eigenvalue weighted by Gasteiger charge is -2.28. The molecule has 2 rings (SSSR count). The first-order chi connectivity index (χ1) is 9.49. The van der Waals surface area contributed by atoms with Crippen molar-refractivity contribution in [2.24, 2.45) is 0 Å². The van der Waals surface area contributed by atoms with Gasteiger partial charge >= 0.3 is 0 Å². The zero-order valence-electron chi connectivity index (χ0n) is 12.2. The second kappa shape index (κ2) is 6.45. The molecule has 0 saturated carbocycles. The molecule has 1 aliphatic rings. The largest absolute Gasteiger partial charge is 0.350 e. The molecule has 110 valence electrons.